The molecule has 0 heterocycles. The Labute approximate surface area is 443 Å². The molecule has 0 N–H and O–H groups in total. The minimum absolute atomic E-state index is 0.106. The zero-order valence-corrected chi connectivity index (χ0v) is 46.7. The van der Waals surface area contributed by atoms with E-state index in [1.165, 1.54) is 109 Å². The molecule has 6 nitrogen and oxygen atoms in total. The van der Waals surface area contributed by atoms with Crippen molar-refractivity contribution in [1.82, 2.24) is 0 Å². The predicted molar refractivity (Wildman–Crippen MR) is 311 cm³/mol. The van der Waals surface area contributed by atoms with Crippen LogP contribution in [0.3, 0.4) is 0 Å². The number of unbranched alkanes of at least 4 members (excludes halogenated alkanes) is 21. The van der Waals surface area contributed by atoms with Crippen molar-refractivity contribution in [2.75, 3.05) is 13.2 Å². The van der Waals surface area contributed by atoms with E-state index < -0.39 is 12.1 Å². The second kappa shape index (κ2) is 59.4. The first-order valence-corrected chi connectivity index (χ1v) is 29.5. The molecule has 72 heavy (non-hydrogen) atoms. The van der Waals surface area contributed by atoms with Gasteiger partial charge >= 0.3 is 17.9 Å². The second-order valence-corrected chi connectivity index (χ2v) is 19.1. The highest BCUT2D eigenvalue weighted by atomic mass is 16.6. The number of rotatable bonds is 52. The first kappa shape index (κ1) is 67.8. The van der Waals surface area contributed by atoms with Crippen molar-refractivity contribution < 1.29 is 28.6 Å². The number of allylic oxidation sites excluding steroid dienone is 20. The van der Waals surface area contributed by atoms with Crippen LogP contribution in [0.4, 0.5) is 0 Å². The second-order valence-electron chi connectivity index (χ2n) is 19.1. The third-order valence-electron chi connectivity index (χ3n) is 12.2. The van der Waals surface area contributed by atoms with E-state index in [1.54, 1.807) is 0 Å². The van der Waals surface area contributed by atoms with E-state index in [1.807, 2.05) is 12.2 Å². The first-order chi connectivity index (χ1) is 35.5. The van der Waals surface area contributed by atoms with Crippen LogP contribution in [0.15, 0.2) is 122 Å². The highest BCUT2D eigenvalue weighted by molar-refractivity contribution is 5.71. The summed E-state index contributed by atoms with van der Waals surface area (Å²) in [5.41, 5.74) is 0. The summed E-state index contributed by atoms with van der Waals surface area (Å²) in [5.74, 6) is -0.994. The maximum absolute atomic E-state index is 12.8. The van der Waals surface area contributed by atoms with Gasteiger partial charge in [-0.1, -0.05) is 264 Å². The van der Waals surface area contributed by atoms with Gasteiger partial charge in [-0.3, -0.25) is 14.4 Å². The van der Waals surface area contributed by atoms with Crippen molar-refractivity contribution in [3.8, 4) is 0 Å². The summed E-state index contributed by atoms with van der Waals surface area (Å²) in [6.07, 6.45) is 82.3. The summed E-state index contributed by atoms with van der Waals surface area (Å²) >= 11 is 0. The van der Waals surface area contributed by atoms with Crippen LogP contribution >= 0.6 is 0 Å². The Kier molecular flexibility index (Phi) is 55.9. The maximum atomic E-state index is 12.8. The highest BCUT2D eigenvalue weighted by Gasteiger charge is 2.19. The molecule has 0 spiro atoms. The van der Waals surface area contributed by atoms with Crippen molar-refractivity contribution in [2.24, 2.45) is 0 Å². The third kappa shape index (κ3) is 56.7. The van der Waals surface area contributed by atoms with E-state index in [9.17, 15) is 14.4 Å². The average molecular weight is 998 g/mol. The van der Waals surface area contributed by atoms with Crippen molar-refractivity contribution in [1.29, 1.82) is 0 Å². The maximum Gasteiger partial charge on any atom is 0.306 e. The minimum atomic E-state index is -0.816. The molecule has 0 aromatic heterocycles. The molecule has 408 valence electrons. The van der Waals surface area contributed by atoms with Crippen LogP contribution in [0, 0.1) is 0 Å². The van der Waals surface area contributed by atoms with E-state index in [-0.39, 0.29) is 31.6 Å². The minimum Gasteiger partial charge on any atom is -0.462 e. The molecule has 0 rings (SSSR count). The van der Waals surface area contributed by atoms with E-state index in [4.69, 9.17) is 14.2 Å². The lowest BCUT2D eigenvalue weighted by Crippen LogP contribution is -2.30. The summed E-state index contributed by atoms with van der Waals surface area (Å²) in [6.45, 7) is 6.33. The van der Waals surface area contributed by atoms with Crippen LogP contribution in [-0.4, -0.2) is 37.2 Å². The van der Waals surface area contributed by atoms with Crippen LogP contribution in [0.5, 0.6) is 0 Å². The number of hydrogen-bond acceptors (Lipinski definition) is 6. The van der Waals surface area contributed by atoms with Crippen LogP contribution in [0.1, 0.15) is 258 Å². The van der Waals surface area contributed by atoms with Crippen molar-refractivity contribution in [3.05, 3.63) is 122 Å². The van der Waals surface area contributed by atoms with E-state index in [0.717, 1.165) is 103 Å². The molecule has 0 saturated carbocycles. The Morgan fingerprint density at radius 2 is 0.569 bits per heavy atom. The highest BCUT2D eigenvalue weighted by Crippen LogP contribution is 2.15. The number of carbonyl (C=O) groups excluding carboxylic acids is 3. The summed E-state index contributed by atoms with van der Waals surface area (Å²) in [4.78, 5) is 38.0. The lowest BCUT2D eigenvalue weighted by Gasteiger charge is -2.18. The van der Waals surface area contributed by atoms with Crippen molar-refractivity contribution >= 4 is 17.9 Å². The molecule has 6 heteroatoms. The number of carbonyl (C=O) groups is 3. The van der Waals surface area contributed by atoms with Gasteiger partial charge in [0.1, 0.15) is 13.2 Å². The molecular weight excluding hydrogens is 889 g/mol. The third-order valence-corrected chi connectivity index (χ3v) is 12.2. The Hall–Kier alpha value is -4.19. The predicted octanol–water partition coefficient (Wildman–Crippen LogP) is 20.0. The van der Waals surface area contributed by atoms with Gasteiger partial charge in [-0.05, 0) is 96.3 Å². The topological polar surface area (TPSA) is 78.9 Å². The smallest absolute Gasteiger partial charge is 0.306 e. The summed E-state index contributed by atoms with van der Waals surface area (Å²) in [7, 11) is 0. The van der Waals surface area contributed by atoms with Gasteiger partial charge in [0, 0.05) is 19.3 Å². The van der Waals surface area contributed by atoms with Crippen molar-refractivity contribution in [3.63, 3.8) is 0 Å². The summed E-state index contributed by atoms with van der Waals surface area (Å²) < 4.78 is 16.7. The van der Waals surface area contributed by atoms with Gasteiger partial charge in [0.25, 0.3) is 0 Å². The van der Waals surface area contributed by atoms with E-state index >= 15 is 0 Å². The van der Waals surface area contributed by atoms with Gasteiger partial charge in [0.2, 0.25) is 0 Å². The normalized spacial score (nSPS) is 13.0. The Balaban J connectivity index is 4.20. The summed E-state index contributed by atoms with van der Waals surface area (Å²) in [6, 6.07) is 0. The number of ether oxygens (including phenoxy) is 3. The quantitative estimate of drug-likeness (QED) is 0.0261. The van der Waals surface area contributed by atoms with Gasteiger partial charge < -0.3 is 14.2 Å². The SMILES string of the molecule is CC/C=C\C/C=C\C/C=C\C/C=C\C/C=C\C/C=C\CCCCCCCCCCCCCCC(=O)OCC(COC(=O)CCCCCCCCCCCC)OC(=O)CC/C=C\C/C=C\C/C=C\C/C=C\CC. The standard InChI is InChI=1S/C66H108O6/c1-4-7-10-13-16-19-22-24-25-26-27-28-29-30-31-32-33-34-35-36-37-38-39-40-41-43-44-47-50-53-56-59-65(68)71-62-63(61-70-64(67)58-55-52-49-46-21-18-15-12-9-6-3)72-66(69)60-57-54-51-48-45-42-23-20-17-14-11-8-5-2/h7-8,10-11,16-17,19-20,24-25,27-28,30-31,33-34,42,45,51,54,63H,4-6,9,12-15,18,21-23,26,29,32,35-41,43-44,46-50,52-53,55-62H2,1-3H3/b10-7-,11-8-,19-16-,20-17-,25-24-,28-27-,31-30-,34-33-,45-42-,54-51-. The molecule has 0 aliphatic carbocycles. The monoisotopic (exact) mass is 997 g/mol. The van der Waals surface area contributed by atoms with Crippen LogP contribution in [0.2, 0.25) is 0 Å². The fourth-order valence-electron chi connectivity index (χ4n) is 7.87. The first-order valence-electron chi connectivity index (χ1n) is 29.5. The number of esters is 3. The van der Waals surface area contributed by atoms with Gasteiger partial charge in [-0.25, -0.2) is 0 Å². The molecule has 0 fully saturated rings. The van der Waals surface area contributed by atoms with Gasteiger partial charge in [-0.15, -0.1) is 0 Å². The van der Waals surface area contributed by atoms with Gasteiger partial charge in [0.15, 0.2) is 6.10 Å². The average Bonchev–Trinajstić information content (AvgIpc) is 3.38. The molecule has 1 unspecified atom stereocenters. The molecule has 0 aromatic carbocycles. The lowest BCUT2D eigenvalue weighted by molar-refractivity contribution is -0.166. The molecular formula is C66H108O6. The van der Waals surface area contributed by atoms with Crippen LogP contribution < -0.4 is 0 Å². The van der Waals surface area contributed by atoms with Gasteiger partial charge in [-0.2, -0.15) is 0 Å². The fourth-order valence-corrected chi connectivity index (χ4v) is 7.87. The van der Waals surface area contributed by atoms with Gasteiger partial charge in [0.05, 0.1) is 0 Å². The molecule has 0 aliphatic rings. The number of hydrogen-bond donors (Lipinski definition) is 0. The lowest BCUT2D eigenvalue weighted by atomic mass is 10.0. The van der Waals surface area contributed by atoms with E-state index in [2.05, 4.69) is 130 Å². The molecule has 1 atom stereocenters. The molecule has 0 saturated heterocycles. The molecule has 0 aliphatic heterocycles. The Morgan fingerprint density at radius 3 is 0.903 bits per heavy atom. The fraction of sp³-hybridized carbons (Fsp3) is 0.652. The summed E-state index contributed by atoms with van der Waals surface area (Å²) in [5, 5.41) is 0. The molecule has 0 aromatic rings. The Bertz CT molecular complexity index is 1520. The van der Waals surface area contributed by atoms with Crippen LogP contribution in [0.25, 0.3) is 0 Å². The zero-order chi connectivity index (χ0) is 52.2. The molecule has 0 amide bonds. The van der Waals surface area contributed by atoms with E-state index in [0.29, 0.717) is 19.3 Å². The van der Waals surface area contributed by atoms with Crippen molar-refractivity contribution in [2.45, 2.75) is 264 Å². The Morgan fingerprint density at radius 1 is 0.292 bits per heavy atom. The zero-order valence-electron chi connectivity index (χ0n) is 46.7. The molecule has 0 radical (unpaired) electrons. The largest absolute Gasteiger partial charge is 0.462 e. The molecule has 0 bridgehead atoms. The van der Waals surface area contributed by atoms with Crippen LogP contribution in [-0.2, 0) is 28.6 Å².